The molecule has 0 N–H and O–H groups in total. The molecule has 1 saturated carbocycles. The number of rotatable bonds is 2. The Kier molecular flexibility index (Phi) is 1.79. The molecule has 3 rings (SSSR count). The van der Waals surface area contributed by atoms with Crippen molar-refractivity contribution in [1.82, 2.24) is 0 Å². The third-order valence-electron chi connectivity index (χ3n) is 3.50. The molecule has 0 amide bonds. The molecule has 82 valence electrons. The summed E-state index contributed by atoms with van der Waals surface area (Å²) in [6.07, 6.45) is 0.975. The molecule has 0 spiro atoms. The SMILES string of the molecule is CC1(C)CC1C(=O)c1cc2ccccc2o1. The molecule has 2 heteroatoms. The van der Waals surface area contributed by atoms with Crippen LogP contribution < -0.4 is 0 Å². The van der Waals surface area contributed by atoms with E-state index in [-0.39, 0.29) is 17.1 Å². The number of para-hydroxylation sites is 1. The lowest BCUT2D eigenvalue weighted by Crippen LogP contribution is -2.04. The zero-order valence-corrected chi connectivity index (χ0v) is 9.49. The van der Waals surface area contributed by atoms with Crippen LogP contribution in [-0.4, -0.2) is 5.78 Å². The number of Topliss-reactive ketones (excluding diaryl/α,β-unsaturated/α-hetero) is 1. The number of carbonyl (C=O) groups excluding carboxylic acids is 1. The van der Waals surface area contributed by atoms with Gasteiger partial charge in [-0.2, -0.15) is 0 Å². The van der Waals surface area contributed by atoms with E-state index in [2.05, 4.69) is 13.8 Å². The van der Waals surface area contributed by atoms with Crippen molar-refractivity contribution in [3.05, 3.63) is 36.1 Å². The minimum Gasteiger partial charge on any atom is -0.453 e. The maximum Gasteiger partial charge on any atom is 0.201 e. The van der Waals surface area contributed by atoms with Crippen molar-refractivity contribution in [3.8, 4) is 0 Å². The lowest BCUT2D eigenvalue weighted by atomic mass is 10.1. The van der Waals surface area contributed by atoms with Crippen LogP contribution in [0.2, 0.25) is 0 Å². The summed E-state index contributed by atoms with van der Waals surface area (Å²) in [7, 11) is 0. The van der Waals surface area contributed by atoms with E-state index in [1.54, 1.807) is 0 Å². The third-order valence-corrected chi connectivity index (χ3v) is 3.50. The summed E-state index contributed by atoms with van der Waals surface area (Å²) in [6, 6.07) is 9.58. The van der Waals surface area contributed by atoms with Crippen LogP contribution >= 0.6 is 0 Å². The summed E-state index contributed by atoms with van der Waals surface area (Å²) in [5.74, 6) is 0.811. The molecule has 1 aliphatic rings. The van der Waals surface area contributed by atoms with Gasteiger partial charge in [-0.25, -0.2) is 0 Å². The van der Waals surface area contributed by atoms with Crippen molar-refractivity contribution in [2.75, 3.05) is 0 Å². The van der Waals surface area contributed by atoms with Gasteiger partial charge in [0.1, 0.15) is 5.58 Å². The highest BCUT2D eigenvalue weighted by molar-refractivity contribution is 6.00. The standard InChI is InChI=1S/C14H14O2/c1-14(2)8-10(14)13(15)12-7-9-5-3-4-6-11(9)16-12/h3-7,10H,8H2,1-2H3. The maximum atomic E-state index is 12.1. The number of furan rings is 1. The predicted molar refractivity (Wildman–Crippen MR) is 62.4 cm³/mol. The topological polar surface area (TPSA) is 30.2 Å². The van der Waals surface area contributed by atoms with E-state index in [4.69, 9.17) is 4.42 Å². The first-order chi connectivity index (χ1) is 7.58. The Morgan fingerprint density at radius 1 is 1.38 bits per heavy atom. The van der Waals surface area contributed by atoms with Gasteiger partial charge in [0.2, 0.25) is 5.78 Å². The lowest BCUT2D eigenvalue weighted by molar-refractivity contribution is 0.0928. The van der Waals surface area contributed by atoms with Crippen LogP contribution in [-0.2, 0) is 0 Å². The molecule has 2 nitrogen and oxygen atoms in total. The average molecular weight is 214 g/mol. The lowest BCUT2D eigenvalue weighted by Gasteiger charge is -1.98. The Morgan fingerprint density at radius 2 is 2.06 bits per heavy atom. The molecule has 1 unspecified atom stereocenters. The fraction of sp³-hybridized carbons (Fsp3) is 0.357. The quantitative estimate of drug-likeness (QED) is 0.714. The van der Waals surface area contributed by atoms with Gasteiger partial charge in [-0.3, -0.25) is 4.79 Å². The third kappa shape index (κ3) is 1.37. The van der Waals surface area contributed by atoms with Crippen LogP contribution in [0, 0.1) is 11.3 Å². The number of fused-ring (bicyclic) bond motifs is 1. The molecule has 1 aromatic carbocycles. The first kappa shape index (κ1) is 9.64. The van der Waals surface area contributed by atoms with Crippen molar-refractivity contribution in [2.24, 2.45) is 11.3 Å². The summed E-state index contributed by atoms with van der Waals surface area (Å²) in [4.78, 5) is 12.1. The number of hydrogen-bond donors (Lipinski definition) is 0. The molecule has 1 heterocycles. The van der Waals surface area contributed by atoms with E-state index >= 15 is 0 Å². The van der Waals surface area contributed by atoms with Crippen LogP contribution in [0.25, 0.3) is 11.0 Å². The van der Waals surface area contributed by atoms with Gasteiger partial charge in [0, 0.05) is 11.3 Å². The summed E-state index contributed by atoms with van der Waals surface area (Å²) in [5.41, 5.74) is 0.958. The van der Waals surface area contributed by atoms with E-state index in [1.165, 1.54) is 0 Å². The van der Waals surface area contributed by atoms with E-state index < -0.39 is 0 Å². The van der Waals surface area contributed by atoms with Gasteiger partial charge in [0.15, 0.2) is 5.76 Å². The van der Waals surface area contributed by atoms with Gasteiger partial charge in [-0.1, -0.05) is 32.0 Å². The molecule has 0 bridgehead atoms. The Balaban J connectivity index is 1.98. The molecule has 0 aliphatic heterocycles. The smallest absolute Gasteiger partial charge is 0.201 e. The molecule has 0 radical (unpaired) electrons. The summed E-state index contributed by atoms with van der Waals surface area (Å²) < 4.78 is 5.57. The molecule has 1 atom stereocenters. The number of ketones is 1. The van der Waals surface area contributed by atoms with Gasteiger partial charge >= 0.3 is 0 Å². The van der Waals surface area contributed by atoms with Crippen LogP contribution in [0.3, 0.4) is 0 Å². The first-order valence-corrected chi connectivity index (χ1v) is 5.61. The Hall–Kier alpha value is -1.57. The molecule has 1 fully saturated rings. The second kappa shape index (κ2) is 2.97. The average Bonchev–Trinajstić information content (AvgIpc) is 2.74. The Bertz CT molecular complexity index is 530. The van der Waals surface area contributed by atoms with Gasteiger partial charge in [0.25, 0.3) is 0 Å². The minimum absolute atomic E-state index is 0.146. The maximum absolute atomic E-state index is 12.1. The van der Waals surface area contributed by atoms with Crippen molar-refractivity contribution < 1.29 is 9.21 Å². The van der Waals surface area contributed by atoms with Crippen molar-refractivity contribution in [1.29, 1.82) is 0 Å². The number of hydrogen-bond acceptors (Lipinski definition) is 2. The number of benzene rings is 1. The fourth-order valence-corrected chi connectivity index (χ4v) is 2.19. The van der Waals surface area contributed by atoms with Crippen LogP contribution in [0.4, 0.5) is 0 Å². The zero-order chi connectivity index (χ0) is 11.3. The van der Waals surface area contributed by atoms with Gasteiger partial charge in [-0.15, -0.1) is 0 Å². The zero-order valence-electron chi connectivity index (χ0n) is 9.49. The molecule has 0 saturated heterocycles. The van der Waals surface area contributed by atoms with Gasteiger partial charge < -0.3 is 4.42 Å². The molecule has 1 aliphatic carbocycles. The van der Waals surface area contributed by atoms with Crippen LogP contribution in [0.5, 0.6) is 0 Å². The molecule has 2 aromatic rings. The largest absolute Gasteiger partial charge is 0.453 e. The molecular weight excluding hydrogens is 200 g/mol. The monoisotopic (exact) mass is 214 g/mol. The molecule has 16 heavy (non-hydrogen) atoms. The summed E-state index contributed by atoms with van der Waals surface area (Å²) >= 11 is 0. The first-order valence-electron chi connectivity index (χ1n) is 5.61. The molecular formula is C14H14O2. The van der Waals surface area contributed by atoms with Crippen LogP contribution in [0.15, 0.2) is 34.7 Å². The normalized spacial score (nSPS) is 22.2. The predicted octanol–water partition coefficient (Wildman–Crippen LogP) is 3.66. The van der Waals surface area contributed by atoms with E-state index in [0.29, 0.717) is 5.76 Å². The van der Waals surface area contributed by atoms with Gasteiger partial charge in [-0.05, 0) is 24.0 Å². The minimum atomic E-state index is 0.146. The highest BCUT2D eigenvalue weighted by Crippen LogP contribution is 2.53. The number of carbonyl (C=O) groups is 1. The fourth-order valence-electron chi connectivity index (χ4n) is 2.19. The summed E-state index contributed by atoms with van der Waals surface area (Å²) in [6.45, 7) is 4.25. The van der Waals surface area contributed by atoms with Crippen molar-refractivity contribution in [3.63, 3.8) is 0 Å². The van der Waals surface area contributed by atoms with E-state index in [1.807, 2.05) is 30.3 Å². The Morgan fingerprint density at radius 3 is 2.69 bits per heavy atom. The van der Waals surface area contributed by atoms with Gasteiger partial charge in [0.05, 0.1) is 0 Å². The van der Waals surface area contributed by atoms with Crippen molar-refractivity contribution in [2.45, 2.75) is 20.3 Å². The van der Waals surface area contributed by atoms with E-state index in [0.717, 1.165) is 17.4 Å². The highest BCUT2D eigenvalue weighted by Gasteiger charge is 2.51. The van der Waals surface area contributed by atoms with Crippen LogP contribution in [0.1, 0.15) is 30.8 Å². The Labute approximate surface area is 94.3 Å². The molecule has 1 aromatic heterocycles. The van der Waals surface area contributed by atoms with Crippen molar-refractivity contribution >= 4 is 16.8 Å². The highest BCUT2D eigenvalue weighted by atomic mass is 16.3. The summed E-state index contributed by atoms with van der Waals surface area (Å²) in [5, 5.41) is 1.00. The second-order valence-electron chi connectivity index (χ2n) is 5.26. The van der Waals surface area contributed by atoms with E-state index in [9.17, 15) is 4.79 Å². The second-order valence-corrected chi connectivity index (χ2v) is 5.26.